The SMILES string of the molecule is COC(=O)C1=COc2ccc(C)cc2C(N2CCCC2)=C1C(=O)OC. The molecule has 2 heterocycles. The minimum Gasteiger partial charge on any atom is -0.465 e. The van der Waals surface area contributed by atoms with Crippen molar-refractivity contribution in [3.05, 3.63) is 46.7 Å². The molecule has 6 heteroatoms. The molecule has 1 fully saturated rings. The van der Waals surface area contributed by atoms with Gasteiger partial charge in [-0.15, -0.1) is 0 Å². The lowest BCUT2D eigenvalue weighted by molar-refractivity contribution is -0.139. The number of fused-ring (bicyclic) bond motifs is 1. The van der Waals surface area contributed by atoms with Gasteiger partial charge in [-0.25, -0.2) is 9.59 Å². The second-order valence-corrected chi connectivity index (χ2v) is 6.05. The summed E-state index contributed by atoms with van der Waals surface area (Å²) in [5.41, 5.74) is 2.71. The Morgan fingerprint density at radius 3 is 2.40 bits per heavy atom. The monoisotopic (exact) mass is 343 g/mol. The number of aryl methyl sites for hydroxylation is 1. The highest BCUT2D eigenvalue weighted by Crippen LogP contribution is 2.39. The minimum atomic E-state index is -0.637. The van der Waals surface area contributed by atoms with E-state index in [0.717, 1.165) is 37.1 Å². The van der Waals surface area contributed by atoms with Crippen LogP contribution in [-0.4, -0.2) is 44.1 Å². The van der Waals surface area contributed by atoms with Crippen LogP contribution in [0.5, 0.6) is 5.75 Å². The van der Waals surface area contributed by atoms with E-state index in [-0.39, 0.29) is 11.1 Å². The molecule has 2 aliphatic heterocycles. The molecule has 0 bridgehead atoms. The highest BCUT2D eigenvalue weighted by molar-refractivity contribution is 6.12. The van der Waals surface area contributed by atoms with Crippen LogP contribution < -0.4 is 4.74 Å². The molecule has 3 rings (SSSR count). The first-order valence-corrected chi connectivity index (χ1v) is 8.21. The number of methoxy groups -OCH3 is 2. The average Bonchev–Trinajstić information content (AvgIpc) is 3.09. The molecule has 2 aliphatic rings. The van der Waals surface area contributed by atoms with Crippen molar-refractivity contribution < 1.29 is 23.8 Å². The Morgan fingerprint density at radius 1 is 1.08 bits per heavy atom. The summed E-state index contributed by atoms with van der Waals surface area (Å²) in [6, 6.07) is 5.72. The highest BCUT2D eigenvalue weighted by Gasteiger charge is 2.34. The summed E-state index contributed by atoms with van der Waals surface area (Å²) in [7, 11) is 2.57. The van der Waals surface area contributed by atoms with Crippen molar-refractivity contribution in [2.24, 2.45) is 0 Å². The van der Waals surface area contributed by atoms with Crippen molar-refractivity contribution in [2.75, 3.05) is 27.3 Å². The van der Waals surface area contributed by atoms with Gasteiger partial charge in [-0.2, -0.15) is 0 Å². The van der Waals surface area contributed by atoms with Crippen LogP contribution in [0.4, 0.5) is 0 Å². The molecule has 0 unspecified atom stereocenters. The fourth-order valence-corrected chi connectivity index (χ4v) is 3.21. The van der Waals surface area contributed by atoms with E-state index in [1.54, 1.807) is 0 Å². The summed E-state index contributed by atoms with van der Waals surface area (Å²) >= 11 is 0. The Balaban J connectivity index is 2.31. The summed E-state index contributed by atoms with van der Waals surface area (Å²) in [6.07, 6.45) is 3.32. The van der Waals surface area contributed by atoms with Crippen LogP contribution >= 0.6 is 0 Å². The summed E-state index contributed by atoms with van der Waals surface area (Å²) in [5.74, 6) is -0.633. The first-order chi connectivity index (χ1) is 12.1. The van der Waals surface area contributed by atoms with Crippen LogP contribution in [0.15, 0.2) is 35.6 Å². The predicted octanol–water partition coefficient (Wildman–Crippen LogP) is 2.42. The first kappa shape index (κ1) is 17.1. The van der Waals surface area contributed by atoms with Crippen LogP contribution in [0.3, 0.4) is 0 Å². The molecular formula is C19H21NO5. The van der Waals surface area contributed by atoms with Crippen LogP contribution in [0, 0.1) is 6.92 Å². The molecule has 1 saturated heterocycles. The van der Waals surface area contributed by atoms with Crippen LogP contribution in [0.25, 0.3) is 5.70 Å². The standard InChI is InChI=1S/C19H21NO5/c1-12-6-7-15-13(10-12)17(20-8-4-5-9-20)16(19(22)24-3)14(11-25-15)18(21)23-2/h6-7,10-11H,4-5,8-9H2,1-3H3. The number of carbonyl (C=O) groups excluding carboxylic acids is 2. The van der Waals surface area contributed by atoms with Gasteiger partial charge < -0.3 is 19.1 Å². The van der Waals surface area contributed by atoms with Gasteiger partial charge in [0.15, 0.2) is 0 Å². The van der Waals surface area contributed by atoms with E-state index in [0.29, 0.717) is 11.4 Å². The number of hydrogen-bond acceptors (Lipinski definition) is 6. The van der Waals surface area contributed by atoms with Gasteiger partial charge in [-0.3, -0.25) is 0 Å². The Bertz CT molecular complexity index is 772. The van der Waals surface area contributed by atoms with Crippen molar-refractivity contribution in [1.29, 1.82) is 0 Å². The van der Waals surface area contributed by atoms with Gasteiger partial charge in [0.1, 0.15) is 23.2 Å². The van der Waals surface area contributed by atoms with Gasteiger partial charge in [-0.05, 0) is 31.9 Å². The van der Waals surface area contributed by atoms with Crippen molar-refractivity contribution in [3.63, 3.8) is 0 Å². The van der Waals surface area contributed by atoms with E-state index in [9.17, 15) is 9.59 Å². The predicted molar refractivity (Wildman–Crippen MR) is 91.6 cm³/mol. The van der Waals surface area contributed by atoms with Gasteiger partial charge in [0.25, 0.3) is 0 Å². The van der Waals surface area contributed by atoms with Crippen molar-refractivity contribution in [2.45, 2.75) is 19.8 Å². The third kappa shape index (κ3) is 3.12. The number of likely N-dealkylation sites (tertiary alicyclic amines) is 1. The second-order valence-electron chi connectivity index (χ2n) is 6.05. The molecule has 0 amide bonds. The quantitative estimate of drug-likeness (QED) is 0.786. The molecule has 6 nitrogen and oxygen atoms in total. The molecule has 1 aromatic rings. The van der Waals surface area contributed by atoms with Gasteiger partial charge >= 0.3 is 11.9 Å². The Morgan fingerprint density at radius 2 is 1.76 bits per heavy atom. The molecule has 132 valence electrons. The fourth-order valence-electron chi connectivity index (χ4n) is 3.21. The fraction of sp³-hybridized carbons (Fsp3) is 0.368. The van der Waals surface area contributed by atoms with Gasteiger partial charge in [-0.1, -0.05) is 11.6 Å². The number of benzene rings is 1. The smallest absolute Gasteiger partial charge is 0.341 e. The van der Waals surface area contributed by atoms with Crippen LogP contribution in [0.1, 0.15) is 24.0 Å². The molecule has 0 radical (unpaired) electrons. The zero-order chi connectivity index (χ0) is 18.0. The topological polar surface area (TPSA) is 65.1 Å². The molecule has 0 spiro atoms. The molecule has 0 N–H and O–H groups in total. The zero-order valence-corrected chi connectivity index (χ0v) is 14.6. The molecule has 0 aromatic heterocycles. The number of esters is 2. The Hall–Kier alpha value is -2.76. The molecule has 25 heavy (non-hydrogen) atoms. The zero-order valence-electron chi connectivity index (χ0n) is 14.6. The van der Waals surface area contributed by atoms with E-state index in [2.05, 4.69) is 4.90 Å². The van der Waals surface area contributed by atoms with E-state index in [4.69, 9.17) is 14.2 Å². The van der Waals surface area contributed by atoms with Crippen molar-refractivity contribution >= 4 is 17.6 Å². The molecule has 0 atom stereocenters. The Kier molecular flexibility index (Phi) is 4.79. The number of hydrogen-bond donors (Lipinski definition) is 0. The van der Waals surface area contributed by atoms with Crippen molar-refractivity contribution in [1.82, 2.24) is 4.90 Å². The second kappa shape index (κ2) is 7.01. The molecule has 1 aromatic carbocycles. The lowest BCUT2D eigenvalue weighted by Crippen LogP contribution is -2.24. The number of ether oxygens (including phenoxy) is 3. The summed E-state index contributed by atoms with van der Waals surface area (Å²) in [5, 5.41) is 0. The first-order valence-electron chi connectivity index (χ1n) is 8.21. The average molecular weight is 343 g/mol. The third-order valence-electron chi connectivity index (χ3n) is 4.42. The summed E-state index contributed by atoms with van der Waals surface area (Å²) in [4.78, 5) is 27.0. The summed E-state index contributed by atoms with van der Waals surface area (Å²) in [6.45, 7) is 3.58. The third-order valence-corrected chi connectivity index (χ3v) is 4.42. The highest BCUT2D eigenvalue weighted by atomic mass is 16.5. The number of carbonyl (C=O) groups is 2. The summed E-state index contributed by atoms with van der Waals surface area (Å²) < 4.78 is 15.5. The molecular weight excluding hydrogens is 322 g/mol. The van der Waals surface area contributed by atoms with E-state index >= 15 is 0 Å². The molecule has 0 aliphatic carbocycles. The van der Waals surface area contributed by atoms with E-state index in [1.807, 2.05) is 25.1 Å². The van der Waals surface area contributed by atoms with E-state index in [1.165, 1.54) is 20.5 Å². The van der Waals surface area contributed by atoms with Crippen LogP contribution in [-0.2, 0) is 19.1 Å². The number of nitrogens with zero attached hydrogens (tertiary/aromatic N) is 1. The van der Waals surface area contributed by atoms with Crippen LogP contribution in [0.2, 0.25) is 0 Å². The number of rotatable bonds is 3. The minimum absolute atomic E-state index is 0.0603. The maximum absolute atomic E-state index is 12.6. The van der Waals surface area contributed by atoms with Gasteiger partial charge in [0.05, 0.1) is 19.9 Å². The van der Waals surface area contributed by atoms with E-state index < -0.39 is 11.9 Å². The molecule has 0 saturated carbocycles. The Labute approximate surface area is 146 Å². The van der Waals surface area contributed by atoms with Crippen molar-refractivity contribution in [3.8, 4) is 5.75 Å². The maximum Gasteiger partial charge on any atom is 0.341 e. The lowest BCUT2D eigenvalue weighted by Gasteiger charge is -2.25. The van der Waals surface area contributed by atoms with Gasteiger partial charge in [0.2, 0.25) is 0 Å². The maximum atomic E-state index is 12.6. The largest absolute Gasteiger partial charge is 0.465 e. The normalized spacial score (nSPS) is 16.6. The lowest BCUT2D eigenvalue weighted by atomic mass is 9.98. The van der Waals surface area contributed by atoms with Gasteiger partial charge in [0, 0.05) is 18.7 Å².